The zero-order valence-corrected chi connectivity index (χ0v) is 13.9. The topological polar surface area (TPSA) is 71.3 Å². The van der Waals surface area contributed by atoms with Crippen molar-refractivity contribution in [2.45, 2.75) is 12.8 Å². The van der Waals surface area contributed by atoms with Gasteiger partial charge in [0.1, 0.15) is 5.65 Å². The fourth-order valence-electron chi connectivity index (χ4n) is 2.98. The normalized spacial score (nSPS) is 15.5. The molecule has 25 heavy (non-hydrogen) atoms. The van der Waals surface area contributed by atoms with E-state index in [1.165, 1.54) is 12.8 Å². The summed E-state index contributed by atoms with van der Waals surface area (Å²) in [6, 6.07) is 14.1. The number of likely N-dealkylation sites (tertiary alicyclic amines) is 1. The molecule has 0 unspecified atom stereocenters. The number of pyridine rings is 1. The highest BCUT2D eigenvalue weighted by molar-refractivity contribution is 5.83. The van der Waals surface area contributed by atoms with E-state index in [4.69, 9.17) is 5.73 Å². The number of fused-ring (bicyclic) bond motifs is 1. The fraction of sp³-hybridized carbons (Fsp3) is 0.211. The second kappa shape index (κ2) is 6.76. The van der Waals surface area contributed by atoms with Gasteiger partial charge in [-0.1, -0.05) is 30.3 Å². The third-order valence-electron chi connectivity index (χ3n) is 4.37. The largest absolute Gasteiger partial charge is 0.368 e. The summed E-state index contributed by atoms with van der Waals surface area (Å²) in [5.41, 5.74) is 9.87. The summed E-state index contributed by atoms with van der Waals surface area (Å²) in [5, 5.41) is 8.18. The SMILES string of the molecule is N/C(=N/N=C/c1ccc(-c2cn3ccccc3n2)cc1)N1CCCC1. The summed E-state index contributed by atoms with van der Waals surface area (Å²) >= 11 is 0. The van der Waals surface area contributed by atoms with Gasteiger partial charge in [0.25, 0.3) is 0 Å². The van der Waals surface area contributed by atoms with Crippen LogP contribution in [0.25, 0.3) is 16.9 Å². The zero-order chi connectivity index (χ0) is 17.1. The predicted molar refractivity (Wildman–Crippen MR) is 101 cm³/mol. The van der Waals surface area contributed by atoms with Crippen LogP contribution in [0.1, 0.15) is 18.4 Å². The summed E-state index contributed by atoms with van der Waals surface area (Å²) in [7, 11) is 0. The van der Waals surface area contributed by atoms with Crippen LogP contribution in [0.15, 0.2) is 65.1 Å². The number of rotatable bonds is 3. The van der Waals surface area contributed by atoms with Crippen LogP contribution in [-0.4, -0.2) is 39.5 Å². The van der Waals surface area contributed by atoms with Gasteiger partial charge in [0.15, 0.2) is 0 Å². The summed E-state index contributed by atoms with van der Waals surface area (Å²) in [6.45, 7) is 1.94. The van der Waals surface area contributed by atoms with Gasteiger partial charge in [-0.05, 0) is 30.5 Å². The first-order valence-electron chi connectivity index (χ1n) is 8.45. The minimum Gasteiger partial charge on any atom is -0.368 e. The van der Waals surface area contributed by atoms with E-state index in [-0.39, 0.29) is 0 Å². The van der Waals surface area contributed by atoms with Crippen molar-refractivity contribution in [3.63, 3.8) is 0 Å². The van der Waals surface area contributed by atoms with Gasteiger partial charge in [-0.2, -0.15) is 5.10 Å². The zero-order valence-electron chi connectivity index (χ0n) is 13.9. The van der Waals surface area contributed by atoms with Crippen LogP contribution in [0.4, 0.5) is 0 Å². The standard InChI is InChI=1S/C19H20N6/c20-19(24-10-3-4-11-24)23-21-13-15-6-8-16(9-7-15)17-14-25-12-2-1-5-18(25)22-17/h1-2,5-9,12-14H,3-4,10-11H2,(H2,20,23)/b21-13+. The number of hydrogen-bond donors (Lipinski definition) is 1. The van der Waals surface area contributed by atoms with Gasteiger partial charge in [-0.25, -0.2) is 4.98 Å². The van der Waals surface area contributed by atoms with E-state index in [9.17, 15) is 0 Å². The van der Waals surface area contributed by atoms with Gasteiger partial charge in [-0.15, -0.1) is 5.10 Å². The quantitative estimate of drug-likeness (QED) is 0.455. The molecule has 0 saturated carbocycles. The van der Waals surface area contributed by atoms with Crippen LogP contribution in [0.5, 0.6) is 0 Å². The van der Waals surface area contributed by atoms with E-state index < -0.39 is 0 Å². The van der Waals surface area contributed by atoms with Gasteiger partial charge in [0, 0.05) is 31.0 Å². The molecule has 4 rings (SSSR count). The van der Waals surface area contributed by atoms with E-state index in [2.05, 4.69) is 20.1 Å². The molecule has 1 aliphatic heterocycles. The number of guanidine groups is 1. The molecule has 1 aromatic carbocycles. The number of nitrogens with zero attached hydrogens (tertiary/aromatic N) is 5. The predicted octanol–water partition coefficient (Wildman–Crippen LogP) is 2.75. The third kappa shape index (κ3) is 3.38. The highest BCUT2D eigenvalue weighted by Gasteiger charge is 2.12. The monoisotopic (exact) mass is 332 g/mol. The molecule has 126 valence electrons. The number of benzene rings is 1. The maximum absolute atomic E-state index is 5.93. The summed E-state index contributed by atoms with van der Waals surface area (Å²) in [4.78, 5) is 6.69. The lowest BCUT2D eigenvalue weighted by atomic mass is 10.1. The van der Waals surface area contributed by atoms with Crippen molar-refractivity contribution in [1.82, 2.24) is 14.3 Å². The van der Waals surface area contributed by atoms with E-state index in [1.807, 2.05) is 59.3 Å². The molecule has 6 heteroatoms. The molecule has 0 amide bonds. The average molecular weight is 332 g/mol. The molecular formula is C19H20N6. The second-order valence-electron chi connectivity index (χ2n) is 6.11. The van der Waals surface area contributed by atoms with Crippen LogP contribution in [-0.2, 0) is 0 Å². The average Bonchev–Trinajstić information content (AvgIpc) is 3.32. The minimum absolute atomic E-state index is 0.495. The first-order valence-corrected chi connectivity index (χ1v) is 8.45. The molecule has 0 bridgehead atoms. The maximum Gasteiger partial charge on any atom is 0.216 e. The molecule has 0 spiro atoms. The van der Waals surface area contributed by atoms with Crippen LogP contribution >= 0.6 is 0 Å². The lowest BCUT2D eigenvalue weighted by Gasteiger charge is -2.13. The molecule has 3 heterocycles. The van der Waals surface area contributed by atoms with Crippen molar-refractivity contribution in [3.8, 4) is 11.3 Å². The van der Waals surface area contributed by atoms with Crippen molar-refractivity contribution in [3.05, 3.63) is 60.4 Å². The molecular weight excluding hydrogens is 312 g/mol. The smallest absolute Gasteiger partial charge is 0.216 e. The number of imidazole rings is 1. The summed E-state index contributed by atoms with van der Waals surface area (Å²) in [6.07, 6.45) is 8.08. The second-order valence-corrected chi connectivity index (χ2v) is 6.11. The van der Waals surface area contributed by atoms with Crippen molar-refractivity contribution >= 4 is 17.8 Å². The summed E-state index contributed by atoms with van der Waals surface area (Å²) in [5.74, 6) is 0.495. The van der Waals surface area contributed by atoms with Gasteiger partial charge < -0.3 is 15.0 Å². The van der Waals surface area contributed by atoms with Crippen LogP contribution in [0.3, 0.4) is 0 Å². The Morgan fingerprint density at radius 1 is 1.08 bits per heavy atom. The Morgan fingerprint density at radius 3 is 2.64 bits per heavy atom. The number of hydrogen-bond acceptors (Lipinski definition) is 3. The first kappa shape index (κ1) is 15.4. The Hall–Kier alpha value is -3.15. The first-order chi connectivity index (χ1) is 12.3. The maximum atomic E-state index is 5.93. The van der Waals surface area contributed by atoms with Crippen molar-refractivity contribution in [1.29, 1.82) is 0 Å². The number of aromatic nitrogens is 2. The van der Waals surface area contributed by atoms with Crippen LogP contribution in [0, 0.1) is 0 Å². The Bertz CT molecular complexity index is 883. The van der Waals surface area contributed by atoms with Crippen LogP contribution in [0.2, 0.25) is 0 Å². The van der Waals surface area contributed by atoms with E-state index in [1.54, 1.807) is 6.21 Å². The molecule has 3 aromatic rings. The van der Waals surface area contributed by atoms with Crippen molar-refractivity contribution in [2.24, 2.45) is 15.9 Å². The van der Waals surface area contributed by atoms with Crippen LogP contribution < -0.4 is 5.73 Å². The summed E-state index contributed by atoms with van der Waals surface area (Å²) < 4.78 is 2.01. The van der Waals surface area contributed by atoms with Crippen molar-refractivity contribution in [2.75, 3.05) is 13.1 Å². The van der Waals surface area contributed by atoms with E-state index in [0.29, 0.717) is 5.96 Å². The lowest BCUT2D eigenvalue weighted by Crippen LogP contribution is -2.34. The molecule has 0 radical (unpaired) electrons. The minimum atomic E-state index is 0.495. The fourth-order valence-corrected chi connectivity index (χ4v) is 2.98. The Kier molecular flexibility index (Phi) is 4.16. The molecule has 2 N–H and O–H groups in total. The van der Waals surface area contributed by atoms with Gasteiger partial charge in [0.2, 0.25) is 5.96 Å². The molecule has 1 saturated heterocycles. The van der Waals surface area contributed by atoms with E-state index in [0.717, 1.165) is 35.6 Å². The third-order valence-corrected chi connectivity index (χ3v) is 4.37. The molecule has 1 fully saturated rings. The molecule has 1 aliphatic rings. The highest BCUT2D eigenvalue weighted by Crippen LogP contribution is 2.19. The Labute approximate surface area is 146 Å². The molecule has 0 atom stereocenters. The van der Waals surface area contributed by atoms with Gasteiger partial charge >= 0.3 is 0 Å². The molecule has 0 aliphatic carbocycles. The Balaban J connectivity index is 1.48. The van der Waals surface area contributed by atoms with Gasteiger partial charge in [-0.3, -0.25) is 0 Å². The van der Waals surface area contributed by atoms with Gasteiger partial charge in [0.05, 0.1) is 11.9 Å². The number of nitrogens with two attached hydrogens (primary N) is 1. The lowest BCUT2D eigenvalue weighted by molar-refractivity contribution is 0.511. The Morgan fingerprint density at radius 2 is 1.88 bits per heavy atom. The van der Waals surface area contributed by atoms with Crippen molar-refractivity contribution < 1.29 is 0 Å². The van der Waals surface area contributed by atoms with E-state index >= 15 is 0 Å². The molecule has 6 nitrogen and oxygen atoms in total. The highest BCUT2D eigenvalue weighted by atomic mass is 15.3. The molecule has 2 aromatic heterocycles.